The lowest BCUT2D eigenvalue weighted by Crippen LogP contribution is -2.48. The zero-order chi connectivity index (χ0) is 20.5. The van der Waals surface area contributed by atoms with Crippen LogP contribution in [0.4, 0.5) is 5.69 Å². The lowest BCUT2D eigenvalue weighted by Gasteiger charge is -2.34. The standard InChI is InChI=1S/C22H34N6O/c1-4-23-22(24-12-9-13-27(5-2)20-10-7-6-8-11-20)28-14-15-29-21(18-28)19-16-25-26(3)17-19/h6-8,10-11,16-17,21H,4-5,9,12-15,18H2,1-3H3,(H,23,24). The molecule has 2 heterocycles. The van der Waals surface area contributed by atoms with Crippen LogP contribution in [0.25, 0.3) is 0 Å². The first-order chi connectivity index (χ1) is 14.2. The lowest BCUT2D eigenvalue weighted by molar-refractivity contribution is -0.00803. The topological polar surface area (TPSA) is 57.9 Å². The number of ether oxygens (including phenoxy) is 1. The highest BCUT2D eigenvalue weighted by Crippen LogP contribution is 2.21. The number of hydrogen-bond acceptors (Lipinski definition) is 4. The Labute approximate surface area is 174 Å². The maximum Gasteiger partial charge on any atom is 0.194 e. The van der Waals surface area contributed by atoms with Crippen LogP contribution in [0.2, 0.25) is 0 Å². The van der Waals surface area contributed by atoms with Crippen molar-refractivity contribution in [2.24, 2.45) is 12.0 Å². The smallest absolute Gasteiger partial charge is 0.194 e. The molecule has 3 rings (SSSR count). The average Bonchev–Trinajstić information content (AvgIpc) is 3.20. The maximum absolute atomic E-state index is 5.97. The van der Waals surface area contributed by atoms with E-state index >= 15 is 0 Å². The van der Waals surface area contributed by atoms with Crippen molar-refractivity contribution in [2.75, 3.05) is 50.8 Å². The van der Waals surface area contributed by atoms with Crippen LogP contribution in [-0.2, 0) is 11.8 Å². The predicted molar refractivity (Wildman–Crippen MR) is 118 cm³/mol. The average molecular weight is 399 g/mol. The number of benzene rings is 1. The van der Waals surface area contributed by atoms with Crippen LogP contribution in [0.1, 0.15) is 31.9 Å². The Morgan fingerprint density at radius 1 is 1.31 bits per heavy atom. The summed E-state index contributed by atoms with van der Waals surface area (Å²) in [4.78, 5) is 9.60. The number of nitrogens with zero attached hydrogens (tertiary/aromatic N) is 5. The molecule has 0 amide bonds. The summed E-state index contributed by atoms with van der Waals surface area (Å²) in [5, 5.41) is 7.73. The van der Waals surface area contributed by atoms with Gasteiger partial charge in [-0.05, 0) is 32.4 Å². The number of aliphatic imine (C=N–C) groups is 1. The second-order valence-corrected chi connectivity index (χ2v) is 7.26. The van der Waals surface area contributed by atoms with Gasteiger partial charge >= 0.3 is 0 Å². The highest BCUT2D eigenvalue weighted by molar-refractivity contribution is 5.80. The van der Waals surface area contributed by atoms with E-state index in [-0.39, 0.29) is 6.10 Å². The first kappa shape index (κ1) is 21.2. The summed E-state index contributed by atoms with van der Waals surface area (Å²) in [6.45, 7) is 10.3. The summed E-state index contributed by atoms with van der Waals surface area (Å²) in [5.41, 5.74) is 2.40. The fourth-order valence-corrected chi connectivity index (χ4v) is 3.63. The molecule has 0 aliphatic carbocycles. The van der Waals surface area contributed by atoms with E-state index in [0.29, 0.717) is 6.61 Å². The molecule has 1 aromatic carbocycles. The van der Waals surface area contributed by atoms with Crippen LogP contribution in [0.15, 0.2) is 47.7 Å². The van der Waals surface area contributed by atoms with E-state index in [9.17, 15) is 0 Å². The third kappa shape index (κ3) is 5.97. The van der Waals surface area contributed by atoms with Crippen LogP contribution in [-0.4, -0.2) is 66.5 Å². The molecule has 0 radical (unpaired) electrons. The van der Waals surface area contributed by atoms with Gasteiger partial charge in [0, 0.05) is 57.2 Å². The molecule has 0 spiro atoms. The molecule has 2 aromatic rings. The fourth-order valence-electron chi connectivity index (χ4n) is 3.63. The van der Waals surface area contributed by atoms with Crippen molar-refractivity contribution in [3.8, 4) is 0 Å². The zero-order valence-electron chi connectivity index (χ0n) is 17.9. The highest BCUT2D eigenvalue weighted by atomic mass is 16.5. The van der Waals surface area contributed by atoms with Crippen LogP contribution in [0.5, 0.6) is 0 Å². The second kappa shape index (κ2) is 10.9. The van der Waals surface area contributed by atoms with E-state index in [2.05, 4.69) is 64.4 Å². The summed E-state index contributed by atoms with van der Waals surface area (Å²) in [5.74, 6) is 0.979. The molecule has 1 aliphatic rings. The largest absolute Gasteiger partial charge is 0.372 e. The molecule has 1 aliphatic heterocycles. The van der Waals surface area contributed by atoms with Gasteiger partial charge < -0.3 is 19.9 Å². The highest BCUT2D eigenvalue weighted by Gasteiger charge is 2.25. The van der Waals surface area contributed by atoms with Crippen LogP contribution >= 0.6 is 0 Å². The van der Waals surface area contributed by atoms with Gasteiger partial charge in [-0.3, -0.25) is 9.67 Å². The van der Waals surface area contributed by atoms with Gasteiger partial charge in [0.25, 0.3) is 0 Å². The maximum atomic E-state index is 5.97. The minimum absolute atomic E-state index is 0.0370. The van der Waals surface area contributed by atoms with Gasteiger partial charge in [0.2, 0.25) is 0 Å². The third-order valence-corrected chi connectivity index (χ3v) is 5.15. The molecule has 1 saturated heterocycles. The SMILES string of the molecule is CCNC(=NCCCN(CC)c1ccccc1)N1CCOC(c2cnn(C)c2)C1. The predicted octanol–water partition coefficient (Wildman–Crippen LogP) is 2.68. The molecule has 1 aromatic heterocycles. The number of aryl methyl sites for hydroxylation is 1. The van der Waals surface area contributed by atoms with Gasteiger partial charge in [0.1, 0.15) is 6.10 Å². The van der Waals surface area contributed by atoms with E-state index in [0.717, 1.165) is 57.2 Å². The van der Waals surface area contributed by atoms with Crippen molar-refractivity contribution in [1.29, 1.82) is 0 Å². The summed E-state index contributed by atoms with van der Waals surface area (Å²) < 4.78 is 7.79. The molecule has 1 fully saturated rings. The van der Waals surface area contributed by atoms with Crippen LogP contribution in [0, 0.1) is 0 Å². The first-order valence-corrected chi connectivity index (χ1v) is 10.6. The minimum atomic E-state index is 0.0370. The Kier molecular flexibility index (Phi) is 7.93. The number of aromatic nitrogens is 2. The number of guanidine groups is 1. The second-order valence-electron chi connectivity index (χ2n) is 7.26. The summed E-state index contributed by atoms with van der Waals surface area (Å²) >= 11 is 0. The van der Waals surface area contributed by atoms with E-state index in [1.807, 2.05) is 24.1 Å². The van der Waals surface area contributed by atoms with Crippen molar-refractivity contribution >= 4 is 11.6 Å². The number of para-hydroxylation sites is 1. The van der Waals surface area contributed by atoms with Gasteiger partial charge in [-0.1, -0.05) is 18.2 Å². The Bertz CT molecular complexity index is 760. The molecule has 0 saturated carbocycles. The van der Waals surface area contributed by atoms with Gasteiger partial charge in [0.05, 0.1) is 19.3 Å². The molecular weight excluding hydrogens is 364 g/mol. The van der Waals surface area contributed by atoms with Crippen molar-refractivity contribution in [3.63, 3.8) is 0 Å². The molecule has 158 valence electrons. The monoisotopic (exact) mass is 398 g/mol. The number of nitrogens with one attached hydrogen (secondary N) is 1. The first-order valence-electron chi connectivity index (χ1n) is 10.6. The fraction of sp³-hybridized carbons (Fsp3) is 0.545. The van der Waals surface area contributed by atoms with E-state index in [1.165, 1.54) is 5.69 Å². The molecule has 1 unspecified atom stereocenters. The molecule has 1 N–H and O–H groups in total. The lowest BCUT2D eigenvalue weighted by atomic mass is 10.1. The third-order valence-electron chi connectivity index (χ3n) is 5.15. The summed E-state index contributed by atoms with van der Waals surface area (Å²) in [7, 11) is 1.94. The Morgan fingerprint density at radius 3 is 2.83 bits per heavy atom. The molecule has 29 heavy (non-hydrogen) atoms. The Morgan fingerprint density at radius 2 is 2.14 bits per heavy atom. The van der Waals surface area contributed by atoms with Crippen LogP contribution < -0.4 is 10.2 Å². The number of hydrogen-bond donors (Lipinski definition) is 1. The Hall–Kier alpha value is -2.54. The molecule has 0 bridgehead atoms. The minimum Gasteiger partial charge on any atom is -0.372 e. The molecule has 7 heteroatoms. The molecule has 7 nitrogen and oxygen atoms in total. The van der Waals surface area contributed by atoms with Gasteiger partial charge in [-0.2, -0.15) is 5.10 Å². The number of rotatable bonds is 8. The zero-order valence-corrected chi connectivity index (χ0v) is 17.9. The number of morpholine rings is 1. The van der Waals surface area contributed by atoms with Crippen LogP contribution in [0.3, 0.4) is 0 Å². The normalized spacial score (nSPS) is 17.4. The van der Waals surface area contributed by atoms with E-state index in [4.69, 9.17) is 9.73 Å². The molecular formula is C22H34N6O. The quantitative estimate of drug-likeness (QED) is 0.421. The van der Waals surface area contributed by atoms with Crippen molar-refractivity contribution in [1.82, 2.24) is 20.0 Å². The van der Waals surface area contributed by atoms with Gasteiger partial charge in [0.15, 0.2) is 5.96 Å². The van der Waals surface area contributed by atoms with Crippen molar-refractivity contribution in [3.05, 3.63) is 48.3 Å². The van der Waals surface area contributed by atoms with Gasteiger partial charge in [-0.15, -0.1) is 0 Å². The van der Waals surface area contributed by atoms with E-state index < -0.39 is 0 Å². The Balaban J connectivity index is 1.56. The summed E-state index contributed by atoms with van der Waals surface area (Å²) in [6.07, 6.45) is 4.98. The van der Waals surface area contributed by atoms with Gasteiger partial charge in [-0.25, -0.2) is 0 Å². The molecule has 1 atom stereocenters. The number of anilines is 1. The van der Waals surface area contributed by atoms with Crippen molar-refractivity contribution in [2.45, 2.75) is 26.4 Å². The van der Waals surface area contributed by atoms with E-state index in [1.54, 1.807) is 0 Å². The summed E-state index contributed by atoms with van der Waals surface area (Å²) in [6, 6.07) is 10.6. The van der Waals surface area contributed by atoms with Crippen molar-refractivity contribution < 1.29 is 4.74 Å².